The number of aliphatic carboxylic acids is 1. The predicted octanol–water partition coefficient (Wildman–Crippen LogP) is 2.34. The number of carboxylic acids is 1. The van der Waals surface area contributed by atoms with Gasteiger partial charge in [-0.2, -0.15) is 0 Å². The van der Waals surface area contributed by atoms with Crippen LogP contribution >= 0.6 is 0 Å². The van der Waals surface area contributed by atoms with Gasteiger partial charge in [-0.05, 0) is 55.5 Å². The first kappa shape index (κ1) is 21.7. The third-order valence-electron chi connectivity index (χ3n) is 5.13. The molecule has 0 spiro atoms. The summed E-state index contributed by atoms with van der Waals surface area (Å²) in [5, 5.41) is 8.97. The summed E-state index contributed by atoms with van der Waals surface area (Å²) in [5.74, 6) is -0.0370. The number of nitrogens with one attached hydrogen (secondary N) is 1. The van der Waals surface area contributed by atoms with Crippen LogP contribution in [0, 0.1) is 6.92 Å². The van der Waals surface area contributed by atoms with Crippen molar-refractivity contribution in [3.8, 4) is 5.75 Å². The Kier molecular flexibility index (Phi) is 6.88. The van der Waals surface area contributed by atoms with Gasteiger partial charge >= 0.3 is 5.97 Å². The first-order valence-electron chi connectivity index (χ1n) is 9.25. The summed E-state index contributed by atoms with van der Waals surface area (Å²) in [6.07, 6.45) is 1.24. The molecule has 1 aromatic rings. The van der Waals surface area contributed by atoms with Crippen LogP contribution < -0.4 is 9.46 Å². The molecule has 27 heavy (non-hydrogen) atoms. The Balaban J connectivity index is 2.12. The molecule has 0 saturated heterocycles. The maximum atomic E-state index is 12.9. The van der Waals surface area contributed by atoms with Crippen molar-refractivity contribution in [1.29, 1.82) is 0 Å². The van der Waals surface area contributed by atoms with Gasteiger partial charge in [-0.15, -0.1) is 0 Å². The fourth-order valence-corrected chi connectivity index (χ4v) is 5.06. The van der Waals surface area contributed by atoms with Crippen molar-refractivity contribution in [3.05, 3.63) is 23.3 Å². The van der Waals surface area contributed by atoms with Crippen molar-refractivity contribution in [2.45, 2.75) is 63.4 Å². The molecule has 0 heterocycles. The molecule has 0 radical (unpaired) electrons. The zero-order chi connectivity index (χ0) is 20.4. The number of hydrogen-bond acceptors (Lipinski definition) is 5. The van der Waals surface area contributed by atoms with E-state index < -0.39 is 16.0 Å². The van der Waals surface area contributed by atoms with Crippen molar-refractivity contribution in [1.82, 2.24) is 9.62 Å². The highest BCUT2D eigenvalue weighted by Crippen LogP contribution is 2.33. The first-order chi connectivity index (χ1) is 12.6. The van der Waals surface area contributed by atoms with E-state index in [2.05, 4.69) is 4.72 Å². The second-order valence-electron chi connectivity index (χ2n) is 7.41. The summed E-state index contributed by atoms with van der Waals surface area (Å²) in [6.45, 7) is 8.28. The van der Waals surface area contributed by atoms with E-state index in [-0.39, 0.29) is 29.4 Å². The van der Waals surface area contributed by atoms with E-state index in [0.717, 1.165) is 5.56 Å². The van der Waals surface area contributed by atoms with Crippen molar-refractivity contribution < 1.29 is 23.1 Å². The normalized spacial score (nSPS) is 20.0. The maximum absolute atomic E-state index is 12.9. The summed E-state index contributed by atoms with van der Waals surface area (Å²) in [7, 11) is -2.07. The second-order valence-corrected chi connectivity index (χ2v) is 9.10. The molecule has 1 aromatic carbocycles. The highest BCUT2D eigenvalue weighted by Gasteiger charge is 2.36. The number of benzene rings is 1. The van der Waals surface area contributed by atoms with E-state index >= 15 is 0 Å². The van der Waals surface area contributed by atoms with E-state index in [0.29, 0.717) is 30.7 Å². The summed E-state index contributed by atoms with van der Waals surface area (Å²) in [4.78, 5) is 13.1. The molecule has 0 atom stereocenters. The average molecular weight is 399 g/mol. The lowest BCUT2D eigenvalue weighted by Crippen LogP contribution is -2.54. The molecule has 1 aliphatic carbocycles. The van der Waals surface area contributed by atoms with Crippen LogP contribution in [0.15, 0.2) is 17.0 Å². The Bertz CT molecular complexity index is 786. The molecule has 0 aromatic heterocycles. The lowest BCUT2D eigenvalue weighted by atomic mass is 9.86. The van der Waals surface area contributed by atoms with E-state index in [1.807, 2.05) is 25.7 Å². The number of carbonyl (C=O) groups is 1. The third-order valence-corrected chi connectivity index (χ3v) is 6.80. The molecule has 152 valence electrons. The van der Waals surface area contributed by atoms with E-state index in [9.17, 15) is 13.2 Å². The molecule has 8 heteroatoms. The standard InChI is InChI=1S/C19H30N2O5S/c1-6-21(11-19(22)23)15-8-14(9-15)20-27(24,25)18-10-16(12(2)3)17(26-5)7-13(18)4/h7,10,12,14-15,20H,6,8-9,11H2,1-5H3,(H,22,23). The zero-order valence-corrected chi connectivity index (χ0v) is 17.5. The van der Waals surface area contributed by atoms with Crippen LogP contribution in [0.5, 0.6) is 5.75 Å². The van der Waals surface area contributed by atoms with E-state index in [1.54, 1.807) is 26.2 Å². The fraction of sp³-hybridized carbons (Fsp3) is 0.632. The zero-order valence-electron chi connectivity index (χ0n) is 16.7. The van der Waals surface area contributed by atoms with Gasteiger partial charge in [-0.1, -0.05) is 20.8 Å². The van der Waals surface area contributed by atoms with Crippen molar-refractivity contribution >= 4 is 16.0 Å². The SMILES string of the molecule is CCN(CC(=O)O)C1CC(NS(=O)(=O)c2cc(C(C)C)c(OC)cc2C)C1. The van der Waals surface area contributed by atoms with Gasteiger partial charge in [0, 0.05) is 12.1 Å². The molecule has 7 nitrogen and oxygen atoms in total. The van der Waals surface area contributed by atoms with Gasteiger partial charge < -0.3 is 9.84 Å². The van der Waals surface area contributed by atoms with Crippen LogP contribution in [0.2, 0.25) is 0 Å². The second kappa shape index (κ2) is 8.58. The van der Waals surface area contributed by atoms with Crippen LogP contribution in [0.25, 0.3) is 0 Å². The minimum absolute atomic E-state index is 0.0179. The number of ether oxygens (including phenoxy) is 1. The van der Waals surface area contributed by atoms with Gasteiger partial charge in [-0.25, -0.2) is 13.1 Å². The summed E-state index contributed by atoms with van der Waals surface area (Å²) in [5.41, 5.74) is 1.49. The van der Waals surface area contributed by atoms with Crippen LogP contribution in [0.4, 0.5) is 0 Å². The molecule has 1 fully saturated rings. The van der Waals surface area contributed by atoms with Crippen LogP contribution in [0.3, 0.4) is 0 Å². The number of hydrogen-bond donors (Lipinski definition) is 2. The van der Waals surface area contributed by atoms with E-state index in [1.165, 1.54) is 0 Å². The maximum Gasteiger partial charge on any atom is 0.317 e. The van der Waals surface area contributed by atoms with Crippen molar-refractivity contribution in [2.75, 3.05) is 20.2 Å². The molecule has 0 unspecified atom stereocenters. The Morgan fingerprint density at radius 3 is 2.48 bits per heavy atom. The van der Waals surface area contributed by atoms with Gasteiger partial charge in [0.1, 0.15) is 5.75 Å². The average Bonchev–Trinajstić information content (AvgIpc) is 2.54. The summed E-state index contributed by atoms with van der Waals surface area (Å²) >= 11 is 0. The number of nitrogens with zero attached hydrogens (tertiary/aromatic N) is 1. The third kappa shape index (κ3) is 5.00. The number of aryl methyl sites for hydroxylation is 1. The lowest BCUT2D eigenvalue weighted by molar-refractivity contribution is -0.139. The topological polar surface area (TPSA) is 95.9 Å². The van der Waals surface area contributed by atoms with Gasteiger partial charge in [-0.3, -0.25) is 9.69 Å². The molecule has 0 bridgehead atoms. The lowest BCUT2D eigenvalue weighted by Gasteiger charge is -2.42. The van der Waals surface area contributed by atoms with E-state index in [4.69, 9.17) is 9.84 Å². The number of rotatable bonds is 9. The Morgan fingerprint density at radius 2 is 2.00 bits per heavy atom. The van der Waals surface area contributed by atoms with Crippen LogP contribution in [0.1, 0.15) is 50.7 Å². The highest BCUT2D eigenvalue weighted by atomic mass is 32.2. The number of carboxylic acid groups (broad SMARTS) is 1. The van der Waals surface area contributed by atoms with Gasteiger partial charge in [0.15, 0.2) is 0 Å². The van der Waals surface area contributed by atoms with Gasteiger partial charge in [0.2, 0.25) is 10.0 Å². The Morgan fingerprint density at radius 1 is 1.37 bits per heavy atom. The first-order valence-corrected chi connectivity index (χ1v) is 10.7. The van der Waals surface area contributed by atoms with Crippen LogP contribution in [-0.4, -0.2) is 56.7 Å². The smallest absolute Gasteiger partial charge is 0.317 e. The quantitative estimate of drug-likeness (QED) is 0.663. The fourth-order valence-electron chi connectivity index (χ4n) is 3.53. The molecular weight excluding hydrogens is 368 g/mol. The Hall–Kier alpha value is -1.64. The minimum atomic E-state index is -3.65. The van der Waals surface area contributed by atoms with Gasteiger partial charge in [0.25, 0.3) is 0 Å². The molecule has 2 rings (SSSR count). The highest BCUT2D eigenvalue weighted by molar-refractivity contribution is 7.89. The summed E-state index contributed by atoms with van der Waals surface area (Å²) < 4.78 is 33.9. The minimum Gasteiger partial charge on any atom is -0.496 e. The molecule has 2 N–H and O–H groups in total. The monoisotopic (exact) mass is 398 g/mol. The summed E-state index contributed by atoms with van der Waals surface area (Å²) in [6, 6.07) is 3.38. The Labute approximate surface area is 161 Å². The molecule has 0 amide bonds. The largest absolute Gasteiger partial charge is 0.496 e. The molecule has 1 saturated carbocycles. The molecule has 1 aliphatic rings. The van der Waals surface area contributed by atoms with Crippen molar-refractivity contribution in [2.24, 2.45) is 0 Å². The molecule has 0 aliphatic heterocycles. The van der Waals surface area contributed by atoms with Gasteiger partial charge in [0.05, 0.1) is 18.6 Å². The number of sulfonamides is 1. The number of methoxy groups -OCH3 is 1. The van der Waals surface area contributed by atoms with Crippen LogP contribution in [-0.2, 0) is 14.8 Å². The number of likely N-dealkylation sites (N-methyl/N-ethyl adjacent to an activating group) is 1. The van der Waals surface area contributed by atoms with Crippen molar-refractivity contribution in [3.63, 3.8) is 0 Å². The predicted molar refractivity (Wildman–Crippen MR) is 104 cm³/mol. The molecular formula is C19H30N2O5S.